The van der Waals surface area contributed by atoms with Gasteiger partial charge in [0.1, 0.15) is 11.3 Å². The van der Waals surface area contributed by atoms with Gasteiger partial charge in [-0.3, -0.25) is 0 Å². The molecule has 0 aliphatic heterocycles. The molecule has 2 rings (SSSR count). The Morgan fingerprint density at radius 1 is 1.22 bits per heavy atom. The van der Waals surface area contributed by atoms with E-state index in [4.69, 9.17) is 15.2 Å². The standard InChI is InChI=1S/C18H27N3O2/c1-11-9-13(3)21-17-15(22-4)10-14(18(23-5)16(11)17)20-12(2)7-6-8-19/h9-10,12,20H,6-8,19H2,1-5H3. The van der Waals surface area contributed by atoms with E-state index >= 15 is 0 Å². The molecule has 0 spiro atoms. The Labute approximate surface area is 138 Å². The molecule has 0 amide bonds. The molecule has 23 heavy (non-hydrogen) atoms. The number of nitrogens with zero attached hydrogens (tertiary/aromatic N) is 1. The zero-order valence-corrected chi connectivity index (χ0v) is 14.7. The lowest BCUT2D eigenvalue weighted by atomic mass is 10.0. The van der Waals surface area contributed by atoms with Crippen molar-refractivity contribution in [1.82, 2.24) is 4.98 Å². The summed E-state index contributed by atoms with van der Waals surface area (Å²) in [5.41, 5.74) is 9.45. The van der Waals surface area contributed by atoms with E-state index in [1.54, 1.807) is 14.2 Å². The number of methoxy groups -OCH3 is 2. The molecular weight excluding hydrogens is 290 g/mol. The molecule has 126 valence electrons. The number of hydrogen-bond acceptors (Lipinski definition) is 5. The first kappa shape index (κ1) is 17.3. The van der Waals surface area contributed by atoms with Gasteiger partial charge in [0.05, 0.1) is 25.3 Å². The summed E-state index contributed by atoms with van der Waals surface area (Å²) in [6, 6.07) is 4.33. The van der Waals surface area contributed by atoms with E-state index in [-0.39, 0.29) is 0 Å². The van der Waals surface area contributed by atoms with E-state index in [0.29, 0.717) is 12.6 Å². The highest BCUT2D eigenvalue weighted by Gasteiger charge is 2.18. The number of aromatic nitrogens is 1. The van der Waals surface area contributed by atoms with Crippen molar-refractivity contribution in [2.24, 2.45) is 5.73 Å². The van der Waals surface area contributed by atoms with Gasteiger partial charge in [-0.1, -0.05) is 0 Å². The Kier molecular flexibility index (Phi) is 5.66. The maximum absolute atomic E-state index is 5.70. The molecule has 2 aromatic rings. The van der Waals surface area contributed by atoms with Crippen LogP contribution in [-0.4, -0.2) is 31.8 Å². The van der Waals surface area contributed by atoms with Gasteiger partial charge in [-0.25, -0.2) is 4.98 Å². The van der Waals surface area contributed by atoms with Gasteiger partial charge in [0.25, 0.3) is 0 Å². The third-order valence-corrected chi connectivity index (χ3v) is 3.99. The van der Waals surface area contributed by atoms with Crippen LogP contribution in [0, 0.1) is 13.8 Å². The van der Waals surface area contributed by atoms with Gasteiger partial charge in [-0.15, -0.1) is 0 Å². The first-order valence-corrected chi connectivity index (χ1v) is 8.01. The first-order valence-electron chi connectivity index (χ1n) is 8.01. The third kappa shape index (κ3) is 3.67. The van der Waals surface area contributed by atoms with Crippen molar-refractivity contribution >= 4 is 16.6 Å². The largest absolute Gasteiger partial charge is 0.494 e. The number of nitrogens with two attached hydrogens (primary N) is 1. The Balaban J connectivity index is 2.57. The SMILES string of the molecule is COc1cc(NC(C)CCCN)c(OC)c2c(C)cc(C)nc12. The van der Waals surface area contributed by atoms with E-state index in [2.05, 4.69) is 30.2 Å². The average Bonchev–Trinajstić information content (AvgIpc) is 2.52. The van der Waals surface area contributed by atoms with Crippen molar-refractivity contribution in [2.45, 2.75) is 39.7 Å². The summed E-state index contributed by atoms with van der Waals surface area (Å²) in [7, 11) is 3.36. The zero-order valence-electron chi connectivity index (χ0n) is 14.7. The van der Waals surface area contributed by atoms with Crippen LogP contribution in [0.5, 0.6) is 11.5 Å². The first-order chi connectivity index (χ1) is 11.0. The van der Waals surface area contributed by atoms with Crippen molar-refractivity contribution in [2.75, 3.05) is 26.1 Å². The van der Waals surface area contributed by atoms with Crippen molar-refractivity contribution in [3.05, 3.63) is 23.4 Å². The number of aryl methyl sites for hydroxylation is 2. The Morgan fingerprint density at radius 3 is 2.57 bits per heavy atom. The molecular formula is C18H27N3O2. The molecule has 0 saturated heterocycles. The van der Waals surface area contributed by atoms with Gasteiger partial charge < -0.3 is 20.5 Å². The van der Waals surface area contributed by atoms with E-state index in [1.165, 1.54) is 0 Å². The Hall–Kier alpha value is -2.01. The second-order valence-electron chi connectivity index (χ2n) is 5.94. The van der Waals surface area contributed by atoms with Gasteiger partial charge >= 0.3 is 0 Å². The summed E-state index contributed by atoms with van der Waals surface area (Å²) >= 11 is 0. The van der Waals surface area contributed by atoms with Crippen LogP contribution < -0.4 is 20.5 Å². The van der Waals surface area contributed by atoms with Gasteiger partial charge in [0.2, 0.25) is 0 Å². The van der Waals surface area contributed by atoms with E-state index < -0.39 is 0 Å². The van der Waals surface area contributed by atoms with Crippen molar-refractivity contribution in [3.8, 4) is 11.5 Å². The van der Waals surface area contributed by atoms with Gasteiger partial charge in [-0.05, 0) is 51.8 Å². The van der Waals surface area contributed by atoms with Crippen molar-refractivity contribution in [3.63, 3.8) is 0 Å². The summed E-state index contributed by atoms with van der Waals surface area (Å²) in [5.74, 6) is 1.56. The number of nitrogens with one attached hydrogen (secondary N) is 1. The number of pyridine rings is 1. The number of hydrogen-bond donors (Lipinski definition) is 2. The zero-order chi connectivity index (χ0) is 17.0. The second kappa shape index (κ2) is 7.51. The summed E-state index contributed by atoms with van der Waals surface area (Å²) in [5, 5.41) is 4.51. The van der Waals surface area contributed by atoms with Crippen LogP contribution in [0.4, 0.5) is 5.69 Å². The minimum atomic E-state index is 0.299. The van der Waals surface area contributed by atoms with Crippen molar-refractivity contribution < 1.29 is 9.47 Å². The van der Waals surface area contributed by atoms with Crippen LogP contribution in [0.2, 0.25) is 0 Å². The molecule has 0 aliphatic rings. The summed E-state index contributed by atoms with van der Waals surface area (Å²) < 4.78 is 11.3. The van der Waals surface area contributed by atoms with E-state index in [1.807, 2.05) is 13.0 Å². The van der Waals surface area contributed by atoms with Crippen LogP contribution in [0.3, 0.4) is 0 Å². The monoisotopic (exact) mass is 317 g/mol. The van der Waals surface area contributed by atoms with Gasteiger partial charge in [0, 0.05) is 17.8 Å². The van der Waals surface area contributed by atoms with Crippen molar-refractivity contribution in [1.29, 1.82) is 0 Å². The fourth-order valence-electron chi connectivity index (χ4n) is 2.94. The van der Waals surface area contributed by atoms with E-state index in [0.717, 1.165) is 52.2 Å². The highest BCUT2D eigenvalue weighted by Crippen LogP contribution is 2.41. The van der Waals surface area contributed by atoms with Crippen LogP contribution in [-0.2, 0) is 0 Å². The molecule has 3 N–H and O–H groups in total. The quantitative estimate of drug-likeness (QED) is 0.819. The topological polar surface area (TPSA) is 69.4 Å². The smallest absolute Gasteiger partial charge is 0.151 e. The highest BCUT2D eigenvalue weighted by atomic mass is 16.5. The summed E-state index contributed by atoms with van der Waals surface area (Å²) in [6.07, 6.45) is 1.99. The highest BCUT2D eigenvalue weighted by molar-refractivity contribution is 5.98. The molecule has 0 fully saturated rings. The minimum absolute atomic E-state index is 0.299. The lowest BCUT2D eigenvalue weighted by Gasteiger charge is -2.21. The van der Waals surface area contributed by atoms with Crippen LogP contribution in [0.15, 0.2) is 12.1 Å². The molecule has 1 aromatic heterocycles. The molecule has 0 radical (unpaired) electrons. The number of anilines is 1. The number of rotatable bonds is 7. The third-order valence-electron chi connectivity index (χ3n) is 3.99. The normalized spacial score (nSPS) is 12.3. The molecule has 1 aromatic carbocycles. The molecule has 1 heterocycles. The summed E-state index contributed by atoms with van der Waals surface area (Å²) in [6.45, 7) is 6.90. The van der Waals surface area contributed by atoms with Crippen LogP contribution >= 0.6 is 0 Å². The lowest BCUT2D eigenvalue weighted by molar-refractivity contribution is 0.410. The molecule has 1 atom stereocenters. The molecule has 5 heteroatoms. The lowest BCUT2D eigenvalue weighted by Crippen LogP contribution is -2.17. The predicted octanol–water partition coefficient (Wildman–Crippen LogP) is 3.41. The number of ether oxygens (including phenoxy) is 2. The number of fused-ring (bicyclic) bond motifs is 1. The van der Waals surface area contributed by atoms with Crippen LogP contribution in [0.25, 0.3) is 10.9 Å². The van der Waals surface area contributed by atoms with Crippen LogP contribution in [0.1, 0.15) is 31.0 Å². The number of benzene rings is 1. The minimum Gasteiger partial charge on any atom is -0.494 e. The second-order valence-corrected chi connectivity index (χ2v) is 5.94. The summed E-state index contributed by atoms with van der Waals surface area (Å²) in [4.78, 5) is 4.64. The van der Waals surface area contributed by atoms with E-state index in [9.17, 15) is 0 Å². The fraction of sp³-hybridized carbons (Fsp3) is 0.500. The Morgan fingerprint density at radius 2 is 1.96 bits per heavy atom. The maximum Gasteiger partial charge on any atom is 0.151 e. The fourth-order valence-corrected chi connectivity index (χ4v) is 2.94. The molecule has 1 unspecified atom stereocenters. The Bertz CT molecular complexity index is 686. The molecule has 5 nitrogen and oxygen atoms in total. The average molecular weight is 317 g/mol. The van der Waals surface area contributed by atoms with Gasteiger partial charge in [-0.2, -0.15) is 0 Å². The molecule has 0 aliphatic carbocycles. The molecule has 0 bridgehead atoms. The predicted molar refractivity (Wildman–Crippen MR) is 95.7 cm³/mol. The molecule has 0 saturated carbocycles. The van der Waals surface area contributed by atoms with Gasteiger partial charge in [0.15, 0.2) is 5.75 Å². The maximum atomic E-state index is 5.70.